The fourth-order valence-corrected chi connectivity index (χ4v) is 4.61. The summed E-state index contributed by atoms with van der Waals surface area (Å²) < 4.78 is 20.7. The molecule has 0 aliphatic carbocycles. The summed E-state index contributed by atoms with van der Waals surface area (Å²) in [5.74, 6) is -0.683. The summed E-state index contributed by atoms with van der Waals surface area (Å²) in [5.41, 5.74) is 0.954. The third-order valence-corrected chi connectivity index (χ3v) is 6.35. The average Bonchev–Trinajstić information content (AvgIpc) is 3.04. The smallest absolute Gasteiger partial charge is 0.290 e. The molecule has 0 radical (unpaired) electrons. The highest BCUT2D eigenvalue weighted by atomic mass is 79.9. The minimum Gasteiger partial charge on any atom is -0.450 e. The SMILES string of the molecule is CCN(CC)CCCN1C(=O)c2oc3ccc(Br)cc3c(=O)c2C1c1cccc(F)c1. The molecule has 1 atom stereocenters. The molecule has 0 fully saturated rings. The zero-order valence-corrected chi connectivity index (χ0v) is 19.1. The maximum absolute atomic E-state index is 14.1. The number of hydrogen-bond acceptors (Lipinski definition) is 4. The van der Waals surface area contributed by atoms with Crippen molar-refractivity contribution in [2.75, 3.05) is 26.2 Å². The molecule has 1 aliphatic rings. The van der Waals surface area contributed by atoms with E-state index in [0.29, 0.717) is 23.1 Å². The van der Waals surface area contributed by atoms with Crippen molar-refractivity contribution in [1.82, 2.24) is 9.80 Å². The van der Waals surface area contributed by atoms with E-state index in [1.54, 1.807) is 35.2 Å². The molecule has 2 aromatic carbocycles. The Morgan fingerprint density at radius 3 is 2.61 bits per heavy atom. The number of carbonyl (C=O) groups excluding carboxylic acids is 1. The van der Waals surface area contributed by atoms with E-state index in [1.165, 1.54) is 12.1 Å². The summed E-state index contributed by atoms with van der Waals surface area (Å²) >= 11 is 3.39. The Bertz CT molecular complexity index is 1190. The second-order valence-electron chi connectivity index (χ2n) is 7.65. The molecule has 0 saturated heterocycles. The van der Waals surface area contributed by atoms with Crippen LogP contribution >= 0.6 is 15.9 Å². The van der Waals surface area contributed by atoms with Crippen LogP contribution in [-0.2, 0) is 0 Å². The molecule has 0 spiro atoms. The van der Waals surface area contributed by atoms with Gasteiger partial charge in [-0.25, -0.2) is 4.39 Å². The van der Waals surface area contributed by atoms with Gasteiger partial charge in [0.05, 0.1) is 17.0 Å². The molecule has 1 unspecified atom stereocenters. The van der Waals surface area contributed by atoms with Crippen molar-refractivity contribution in [2.45, 2.75) is 26.3 Å². The molecule has 31 heavy (non-hydrogen) atoms. The van der Waals surface area contributed by atoms with E-state index in [9.17, 15) is 14.0 Å². The van der Waals surface area contributed by atoms with Crippen molar-refractivity contribution < 1.29 is 13.6 Å². The van der Waals surface area contributed by atoms with Crippen LogP contribution in [0.4, 0.5) is 4.39 Å². The van der Waals surface area contributed by atoms with E-state index in [2.05, 4.69) is 34.7 Å². The Morgan fingerprint density at radius 2 is 1.90 bits per heavy atom. The van der Waals surface area contributed by atoms with E-state index in [-0.39, 0.29) is 22.7 Å². The van der Waals surface area contributed by atoms with Gasteiger partial charge in [-0.1, -0.05) is 41.9 Å². The molecule has 0 bridgehead atoms. The fourth-order valence-electron chi connectivity index (χ4n) is 4.25. The zero-order chi connectivity index (χ0) is 22.1. The molecule has 5 nitrogen and oxygen atoms in total. The summed E-state index contributed by atoms with van der Waals surface area (Å²) in [5, 5.41) is 0.396. The van der Waals surface area contributed by atoms with Gasteiger partial charge >= 0.3 is 0 Å². The zero-order valence-electron chi connectivity index (χ0n) is 17.5. The highest BCUT2D eigenvalue weighted by Gasteiger charge is 2.42. The van der Waals surface area contributed by atoms with E-state index in [0.717, 1.165) is 30.5 Å². The Labute approximate surface area is 188 Å². The first-order valence-corrected chi connectivity index (χ1v) is 11.3. The molecule has 4 rings (SSSR count). The number of benzene rings is 2. The predicted octanol–water partition coefficient (Wildman–Crippen LogP) is 4.97. The molecule has 2 heterocycles. The van der Waals surface area contributed by atoms with Crippen LogP contribution in [0.5, 0.6) is 0 Å². The number of fused-ring (bicyclic) bond motifs is 2. The van der Waals surface area contributed by atoms with Crippen LogP contribution < -0.4 is 5.43 Å². The largest absolute Gasteiger partial charge is 0.450 e. The van der Waals surface area contributed by atoms with Crippen molar-refractivity contribution in [3.63, 3.8) is 0 Å². The normalized spacial score (nSPS) is 15.8. The highest BCUT2D eigenvalue weighted by Crippen LogP contribution is 2.38. The van der Waals surface area contributed by atoms with Gasteiger partial charge in [0.2, 0.25) is 5.76 Å². The molecular formula is C24H24BrFN2O3. The van der Waals surface area contributed by atoms with E-state index in [4.69, 9.17) is 4.42 Å². The van der Waals surface area contributed by atoms with Gasteiger partial charge in [-0.05, 0) is 62.0 Å². The average molecular weight is 487 g/mol. The van der Waals surface area contributed by atoms with Gasteiger partial charge in [-0.2, -0.15) is 0 Å². The summed E-state index contributed by atoms with van der Waals surface area (Å²) in [4.78, 5) is 30.7. The summed E-state index contributed by atoms with van der Waals surface area (Å²) in [6.45, 7) is 7.33. The van der Waals surface area contributed by atoms with Gasteiger partial charge in [0.25, 0.3) is 5.91 Å². The lowest BCUT2D eigenvalue weighted by Crippen LogP contribution is -2.33. The Hall–Kier alpha value is -2.51. The van der Waals surface area contributed by atoms with Crippen LogP contribution in [0.25, 0.3) is 11.0 Å². The molecule has 1 amide bonds. The van der Waals surface area contributed by atoms with Crippen molar-refractivity contribution in [1.29, 1.82) is 0 Å². The number of halogens is 2. The van der Waals surface area contributed by atoms with Crippen LogP contribution in [0.1, 0.15) is 48.0 Å². The van der Waals surface area contributed by atoms with E-state index < -0.39 is 11.9 Å². The molecule has 7 heteroatoms. The number of nitrogens with zero attached hydrogens (tertiary/aromatic N) is 2. The quantitative estimate of drug-likeness (QED) is 0.472. The lowest BCUT2D eigenvalue weighted by Gasteiger charge is -2.26. The summed E-state index contributed by atoms with van der Waals surface area (Å²) in [6, 6.07) is 10.5. The lowest BCUT2D eigenvalue weighted by atomic mass is 9.98. The van der Waals surface area contributed by atoms with Gasteiger partial charge in [-0.3, -0.25) is 9.59 Å². The molecule has 1 aromatic heterocycles. The lowest BCUT2D eigenvalue weighted by molar-refractivity contribution is 0.0720. The standard InChI is InChI=1S/C24H24BrFN2O3/c1-3-27(4-2)11-6-12-28-21(15-7-5-8-17(26)13-15)20-22(29)18-14-16(25)9-10-19(18)31-23(20)24(28)30/h5,7-10,13-14,21H,3-4,6,11-12H2,1-2H3. The van der Waals surface area contributed by atoms with Crippen molar-refractivity contribution in [3.05, 3.63) is 79.9 Å². The van der Waals surface area contributed by atoms with Gasteiger partial charge in [0, 0.05) is 11.0 Å². The van der Waals surface area contributed by atoms with E-state index in [1.807, 2.05) is 0 Å². The van der Waals surface area contributed by atoms with Gasteiger partial charge in [-0.15, -0.1) is 0 Å². The minimum absolute atomic E-state index is 0.0527. The Kier molecular flexibility index (Phi) is 6.25. The molecule has 0 saturated carbocycles. The maximum atomic E-state index is 14.1. The topological polar surface area (TPSA) is 53.8 Å². The van der Waals surface area contributed by atoms with Gasteiger partial charge in [0.15, 0.2) is 5.43 Å². The fraction of sp³-hybridized carbons (Fsp3) is 0.333. The molecule has 0 N–H and O–H groups in total. The number of amides is 1. The Morgan fingerprint density at radius 1 is 1.13 bits per heavy atom. The number of rotatable bonds is 7. The third-order valence-electron chi connectivity index (χ3n) is 5.86. The maximum Gasteiger partial charge on any atom is 0.290 e. The predicted molar refractivity (Wildman–Crippen MR) is 122 cm³/mol. The van der Waals surface area contributed by atoms with Crippen molar-refractivity contribution in [2.24, 2.45) is 0 Å². The monoisotopic (exact) mass is 486 g/mol. The van der Waals surface area contributed by atoms with Gasteiger partial charge < -0.3 is 14.2 Å². The van der Waals surface area contributed by atoms with Crippen LogP contribution in [0.2, 0.25) is 0 Å². The first-order chi connectivity index (χ1) is 14.9. The van der Waals surface area contributed by atoms with Crippen LogP contribution in [0, 0.1) is 5.82 Å². The second-order valence-corrected chi connectivity index (χ2v) is 8.57. The van der Waals surface area contributed by atoms with Crippen molar-refractivity contribution >= 4 is 32.8 Å². The summed E-state index contributed by atoms with van der Waals surface area (Å²) in [7, 11) is 0. The van der Waals surface area contributed by atoms with Crippen LogP contribution in [0.15, 0.2) is 56.1 Å². The molecule has 3 aromatic rings. The van der Waals surface area contributed by atoms with Crippen LogP contribution in [0.3, 0.4) is 0 Å². The molecule has 162 valence electrons. The second kappa shape index (κ2) is 8.93. The van der Waals surface area contributed by atoms with Crippen LogP contribution in [-0.4, -0.2) is 41.9 Å². The highest BCUT2D eigenvalue weighted by molar-refractivity contribution is 9.10. The summed E-state index contributed by atoms with van der Waals surface area (Å²) in [6.07, 6.45) is 0.743. The number of hydrogen-bond donors (Lipinski definition) is 0. The number of carbonyl (C=O) groups is 1. The third kappa shape index (κ3) is 4.04. The molecular weight excluding hydrogens is 463 g/mol. The van der Waals surface area contributed by atoms with E-state index >= 15 is 0 Å². The van der Waals surface area contributed by atoms with Crippen molar-refractivity contribution in [3.8, 4) is 0 Å². The Balaban J connectivity index is 1.81. The molecule has 1 aliphatic heterocycles. The first kappa shape index (κ1) is 21.7. The first-order valence-electron chi connectivity index (χ1n) is 10.5. The minimum atomic E-state index is -0.672. The van der Waals surface area contributed by atoms with Gasteiger partial charge in [0.1, 0.15) is 11.4 Å².